The maximum Gasteiger partial charge on any atom is 0.257 e. The zero-order valence-electron chi connectivity index (χ0n) is 10.3. The standard InChI is InChI=1S/C12H14BrNO4S/c1-14(9-4-5-19(17,18)7-9)12(16)10-6-8(13)2-3-11(10)15/h2-3,6,9,15H,4-5,7H2,1H3/t9-/m0/s1. The van der Waals surface area contributed by atoms with E-state index in [-0.39, 0.29) is 34.8 Å². The molecule has 104 valence electrons. The van der Waals surface area contributed by atoms with Crippen LogP contribution in [0.25, 0.3) is 0 Å². The Kier molecular flexibility index (Phi) is 3.87. The third-order valence-electron chi connectivity index (χ3n) is 3.27. The zero-order chi connectivity index (χ0) is 14.2. The van der Waals surface area contributed by atoms with E-state index in [1.807, 2.05) is 0 Å². The topological polar surface area (TPSA) is 74.7 Å². The molecular weight excluding hydrogens is 334 g/mol. The van der Waals surface area contributed by atoms with Crippen molar-refractivity contribution in [3.63, 3.8) is 0 Å². The quantitative estimate of drug-likeness (QED) is 0.877. The number of nitrogens with zero attached hydrogens (tertiary/aromatic N) is 1. The Bertz CT molecular complexity index is 614. The number of halogens is 1. The van der Waals surface area contributed by atoms with Crippen LogP contribution in [0.1, 0.15) is 16.8 Å². The summed E-state index contributed by atoms with van der Waals surface area (Å²) in [5.74, 6) is -0.383. The van der Waals surface area contributed by atoms with Crippen LogP contribution in [0, 0.1) is 0 Å². The minimum atomic E-state index is -3.04. The molecule has 1 amide bonds. The van der Waals surface area contributed by atoms with Crippen LogP contribution in [-0.4, -0.2) is 48.9 Å². The average molecular weight is 348 g/mol. The Morgan fingerprint density at radius 1 is 1.47 bits per heavy atom. The third kappa shape index (κ3) is 3.09. The summed E-state index contributed by atoms with van der Waals surface area (Å²) in [4.78, 5) is 13.7. The number of amides is 1. The fourth-order valence-corrected chi connectivity index (χ4v) is 4.25. The van der Waals surface area contributed by atoms with Gasteiger partial charge in [-0.1, -0.05) is 15.9 Å². The summed E-state index contributed by atoms with van der Waals surface area (Å²) in [5.41, 5.74) is 0.168. The van der Waals surface area contributed by atoms with Crippen LogP contribution >= 0.6 is 15.9 Å². The number of sulfone groups is 1. The van der Waals surface area contributed by atoms with Gasteiger partial charge in [-0.2, -0.15) is 0 Å². The Hall–Kier alpha value is -1.08. The van der Waals surface area contributed by atoms with Crippen LogP contribution in [0.15, 0.2) is 22.7 Å². The van der Waals surface area contributed by atoms with Crippen molar-refractivity contribution in [3.8, 4) is 5.75 Å². The fraction of sp³-hybridized carbons (Fsp3) is 0.417. The molecule has 1 heterocycles. The summed E-state index contributed by atoms with van der Waals surface area (Å²) < 4.78 is 23.5. The lowest BCUT2D eigenvalue weighted by Gasteiger charge is -2.23. The summed E-state index contributed by atoms with van der Waals surface area (Å²) in [6.07, 6.45) is 0.444. The number of phenolic OH excluding ortho intramolecular Hbond substituents is 1. The normalized spacial score (nSPS) is 21.3. The molecule has 1 aliphatic heterocycles. The number of carbonyl (C=O) groups is 1. The lowest BCUT2D eigenvalue weighted by molar-refractivity contribution is 0.0744. The van der Waals surface area contributed by atoms with Gasteiger partial charge in [0.15, 0.2) is 9.84 Å². The molecule has 2 rings (SSSR count). The first-order valence-corrected chi connectivity index (χ1v) is 8.38. The van der Waals surface area contributed by atoms with E-state index in [0.29, 0.717) is 10.9 Å². The van der Waals surface area contributed by atoms with Crippen LogP contribution in [0.2, 0.25) is 0 Å². The Morgan fingerprint density at radius 2 is 2.16 bits per heavy atom. The summed E-state index contributed by atoms with van der Waals surface area (Å²) in [5, 5.41) is 9.71. The molecule has 0 spiro atoms. The lowest BCUT2D eigenvalue weighted by Crippen LogP contribution is -2.37. The van der Waals surface area contributed by atoms with Crippen molar-refractivity contribution >= 4 is 31.7 Å². The molecule has 0 bridgehead atoms. The molecule has 1 fully saturated rings. The largest absolute Gasteiger partial charge is 0.507 e. The summed E-state index contributed by atoms with van der Waals surface area (Å²) >= 11 is 3.24. The summed E-state index contributed by atoms with van der Waals surface area (Å²) in [7, 11) is -1.48. The lowest BCUT2D eigenvalue weighted by atomic mass is 10.1. The molecule has 1 N–H and O–H groups in total. The molecule has 19 heavy (non-hydrogen) atoms. The number of rotatable bonds is 2. The first-order chi connectivity index (χ1) is 8.80. The van der Waals surface area contributed by atoms with Crippen molar-refractivity contribution in [3.05, 3.63) is 28.2 Å². The van der Waals surface area contributed by atoms with Crippen molar-refractivity contribution in [2.75, 3.05) is 18.6 Å². The van der Waals surface area contributed by atoms with Gasteiger partial charge in [-0.05, 0) is 24.6 Å². The molecule has 0 unspecified atom stereocenters. The van der Waals surface area contributed by atoms with Crippen molar-refractivity contribution in [2.24, 2.45) is 0 Å². The predicted octanol–water partition coefficient (Wildman–Crippen LogP) is 1.41. The second kappa shape index (κ2) is 5.13. The molecule has 7 heteroatoms. The van der Waals surface area contributed by atoms with Gasteiger partial charge in [-0.15, -0.1) is 0 Å². The van der Waals surface area contributed by atoms with Gasteiger partial charge < -0.3 is 10.0 Å². The van der Waals surface area contributed by atoms with E-state index in [2.05, 4.69) is 15.9 Å². The highest BCUT2D eigenvalue weighted by Crippen LogP contribution is 2.25. The Morgan fingerprint density at radius 3 is 2.74 bits per heavy atom. The molecule has 0 aromatic heterocycles. The minimum absolute atomic E-state index is 0.00992. The Balaban J connectivity index is 2.22. The van der Waals surface area contributed by atoms with Crippen molar-refractivity contribution in [1.29, 1.82) is 0 Å². The van der Waals surface area contributed by atoms with E-state index in [9.17, 15) is 18.3 Å². The van der Waals surface area contributed by atoms with Gasteiger partial charge in [-0.25, -0.2) is 8.42 Å². The molecule has 0 aliphatic carbocycles. The second-order valence-corrected chi connectivity index (χ2v) is 7.78. The van der Waals surface area contributed by atoms with E-state index in [4.69, 9.17) is 0 Å². The molecule has 1 aromatic carbocycles. The van der Waals surface area contributed by atoms with Gasteiger partial charge >= 0.3 is 0 Å². The molecular formula is C12H14BrNO4S. The van der Waals surface area contributed by atoms with Crippen molar-refractivity contribution in [2.45, 2.75) is 12.5 Å². The SMILES string of the molecule is CN(C(=O)c1cc(Br)ccc1O)[C@H]1CCS(=O)(=O)C1. The van der Waals surface area contributed by atoms with Crippen LogP contribution in [-0.2, 0) is 9.84 Å². The average Bonchev–Trinajstić information content (AvgIpc) is 2.71. The maximum atomic E-state index is 12.3. The monoisotopic (exact) mass is 347 g/mol. The molecule has 1 atom stereocenters. The van der Waals surface area contributed by atoms with E-state index in [1.54, 1.807) is 13.1 Å². The molecule has 1 aromatic rings. The highest BCUT2D eigenvalue weighted by Gasteiger charge is 2.33. The van der Waals surface area contributed by atoms with Gasteiger partial charge in [0.05, 0.1) is 17.1 Å². The first-order valence-electron chi connectivity index (χ1n) is 5.76. The maximum absolute atomic E-state index is 12.3. The molecule has 1 aliphatic rings. The number of benzene rings is 1. The number of hydrogen-bond donors (Lipinski definition) is 1. The predicted molar refractivity (Wildman–Crippen MR) is 75.0 cm³/mol. The highest BCUT2D eigenvalue weighted by molar-refractivity contribution is 9.10. The molecule has 1 saturated heterocycles. The van der Waals surface area contributed by atoms with Crippen molar-refractivity contribution < 1.29 is 18.3 Å². The highest BCUT2D eigenvalue weighted by atomic mass is 79.9. The van der Waals surface area contributed by atoms with E-state index >= 15 is 0 Å². The number of carbonyl (C=O) groups excluding carboxylic acids is 1. The smallest absolute Gasteiger partial charge is 0.257 e. The first kappa shape index (κ1) is 14.3. The summed E-state index contributed by atoms with van der Waals surface area (Å²) in [6, 6.07) is 4.26. The van der Waals surface area contributed by atoms with Crippen LogP contribution in [0.4, 0.5) is 0 Å². The number of aromatic hydroxyl groups is 1. The Labute approximate surface area is 120 Å². The van der Waals surface area contributed by atoms with Crippen LogP contribution in [0.5, 0.6) is 5.75 Å². The third-order valence-corrected chi connectivity index (χ3v) is 5.51. The molecule has 5 nitrogen and oxygen atoms in total. The van der Waals surface area contributed by atoms with Gasteiger partial charge in [0.2, 0.25) is 0 Å². The minimum Gasteiger partial charge on any atom is -0.507 e. The number of hydrogen-bond acceptors (Lipinski definition) is 4. The van der Waals surface area contributed by atoms with Crippen molar-refractivity contribution in [1.82, 2.24) is 4.90 Å². The van der Waals surface area contributed by atoms with Gasteiger partial charge in [0.25, 0.3) is 5.91 Å². The van der Waals surface area contributed by atoms with Gasteiger partial charge in [-0.3, -0.25) is 4.79 Å². The molecule has 0 radical (unpaired) electrons. The zero-order valence-corrected chi connectivity index (χ0v) is 12.7. The van der Waals surface area contributed by atoms with Crippen LogP contribution in [0.3, 0.4) is 0 Å². The van der Waals surface area contributed by atoms with E-state index < -0.39 is 9.84 Å². The van der Waals surface area contributed by atoms with Crippen LogP contribution < -0.4 is 0 Å². The fourth-order valence-electron chi connectivity index (χ4n) is 2.12. The summed E-state index contributed by atoms with van der Waals surface area (Å²) in [6.45, 7) is 0. The van der Waals surface area contributed by atoms with E-state index in [0.717, 1.165) is 0 Å². The van der Waals surface area contributed by atoms with Gasteiger partial charge in [0.1, 0.15) is 5.75 Å². The van der Waals surface area contributed by atoms with E-state index in [1.165, 1.54) is 17.0 Å². The number of phenols is 1. The van der Waals surface area contributed by atoms with Gasteiger partial charge in [0, 0.05) is 17.6 Å². The second-order valence-electron chi connectivity index (χ2n) is 4.63. The molecule has 0 saturated carbocycles.